The van der Waals surface area contributed by atoms with E-state index in [1.165, 1.54) is 24.3 Å². The number of hydrogen-bond acceptors (Lipinski definition) is 5. The van der Waals surface area contributed by atoms with Gasteiger partial charge in [0.1, 0.15) is 5.75 Å². The van der Waals surface area contributed by atoms with Gasteiger partial charge in [0.25, 0.3) is 11.8 Å². The number of sulfonamides is 1. The standard InChI is InChI=1S/C23H23N3O5S/c1-17(31-20-12-6-3-7-13-20)22(27)25-26-23(28)19-11-8-14-21(15-19)32(29,30)24-16-18-9-4-2-5-10-18/h2-15,17,24H,16H2,1H3,(H,25,27)(H,26,28). The summed E-state index contributed by atoms with van der Waals surface area (Å²) in [6.07, 6.45) is -0.855. The summed E-state index contributed by atoms with van der Waals surface area (Å²) < 4.78 is 33.2. The maximum absolute atomic E-state index is 12.6. The first-order valence-electron chi connectivity index (χ1n) is 9.81. The van der Waals surface area contributed by atoms with Gasteiger partial charge in [-0.1, -0.05) is 54.6 Å². The van der Waals surface area contributed by atoms with Crippen LogP contribution in [0.2, 0.25) is 0 Å². The Morgan fingerprint density at radius 3 is 2.22 bits per heavy atom. The number of ether oxygens (including phenoxy) is 1. The fraction of sp³-hybridized carbons (Fsp3) is 0.130. The van der Waals surface area contributed by atoms with Gasteiger partial charge in [-0.25, -0.2) is 13.1 Å². The van der Waals surface area contributed by atoms with E-state index in [0.29, 0.717) is 5.75 Å². The molecule has 0 aliphatic heterocycles. The van der Waals surface area contributed by atoms with Crippen molar-refractivity contribution in [2.75, 3.05) is 0 Å². The summed E-state index contributed by atoms with van der Waals surface area (Å²) in [4.78, 5) is 24.5. The third kappa shape index (κ3) is 6.40. The Bertz CT molecular complexity index is 1170. The zero-order valence-electron chi connectivity index (χ0n) is 17.3. The quantitative estimate of drug-likeness (QED) is 0.453. The van der Waals surface area contributed by atoms with E-state index in [4.69, 9.17) is 4.74 Å². The highest BCUT2D eigenvalue weighted by Gasteiger charge is 2.18. The lowest BCUT2D eigenvalue weighted by molar-refractivity contribution is -0.128. The molecule has 0 fully saturated rings. The number of nitrogens with one attached hydrogen (secondary N) is 3. The second-order valence-corrected chi connectivity index (χ2v) is 8.62. The van der Waals surface area contributed by atoms with Crippen molar-refractivity contribution in [2.24, 2.45) is 0 Å². The lowest BCUT2D eigenvalue weighted by Gasteiger charge is -2.15. The number of rotatable bonds is 8. The van der Waals surface area contributed by atoms with Crippen LogP contribution in [0.25, 0.3) is 0 Å². The number of para-hydroxylation sites is 1. The molecule has 3 rings (SSSR count). The van der Waals surface area contributed by atoms with Crippen molar-refractivity contribution in [1.82, 2.24) is 15.6 Å². The molecule has 2 amide bonds. The topological polar surface area (TPSA) is 114 Å². The SMILES string of the molecule is CC(Oc1ccccc1)C(=O)NNC(=O)c1cccc(S(=O)(=O)NCc2ccccc2)c1. The van der Waals surface area contributed by atoms with E-state index in [2.05, 4.69) is 15.6 Å². The molecule has 0 bridgehead atoms. The van der Waals surface area contributed by atoms with Gasteiger partial charge in [0.15, 0.2) is 6.10 Å². The molecule has 0 saturated heterocycles. The van der Waals surface area contributed by atoms with Crippen molar-refractivity contribution in [3.63, 3.8) is 0 Å². The van der Waals surface area contributed by atoms with E-state index in [1.54, 1.807) is 43.3 Å². The van der Waals surface area contributed by atoms with Crippen molar-refractivity contribution >= 4 is 21.8 Å². The van der Waals surface area contributed by atoms with Gasteiger partial charge in [0, 0.05) is 12.1 Å². The van der Waals surface area contributed by atoms with Gasteiger partial charge in [0.2, 0.25) is 10.0 Å². The summed E-state index contributed by atoms with van der Waals surface area (Å²) in [6.45, 7) is 1.66. The molecule has 0 aliphatic carbocycles. The van der Waals surface area contributed by atoms with Gasteiger partial charge in [-0.2, -0.15) is 0 Å². The van der Waals surface area contributed by atoms with Crippen LogP contribution >= 0.6 is 0 Å². The zero-order valence-corrected chi connectivity index (χ0v) is 18.1. The summed E-state index contributed by atoms with van der Waals surface area (Å²) in [5.74, 6) is -0.705. The van der Waals surface area contributed by atoms with E-state index in [-0.39, 0.29) is 17.0 Å². The Kier molecular flexibility index (Phi) is 7.58. The van der Waals surface area contributed by atoms with Crippen LogP contribution in [0.5, 0.6) is 5.75 Å². The van der Waals surface area contributed by atoms with Crippen molar-refractivity contribution in [2.45, 2.75) is 24.5 Å². The second kappa shape index (κ2) is 10.6. The Labute approximate surface area is 186 Å². The first-order chi connectivity index (χ1) is 15.3. The molecule has 0 spiro atoms. The van der Waals surface area contributed by atoms with Crippen LogP contribution in [0.3, 0.4) is 0 Å². The van der Waals surface area contributed by atoms with Gasteiger partial charge >= 0.3 is 0 Å². The molecule has 1 atom stereocenters. The van der Waals surface area contributed by atoms with Crippen molar-refractivity contribution in [3.05, 3.63) is 96.1 Å². The maximum Gasteiger partial charge on any atom is 0.279 e. The number of hydrazine groups is 1. The first-order valence-corrected chi connectivity index (χ1v) is 11.3. The molecule has 0 aromatic heterocycles. The summed E-state index contributed by atoms with van der Waals surface area (Å²) in [7, 11) is -3.83. The molecule has 0 aliphatic rings. The predicted octanol–water partition coefficient (Wildman–Crippen LogP) is 2.39. The number of benzene rings is 3. The Morgan fingerprint density at radius 1 is 0.875 bits per heavy atom. The average Bonchev–Trinajstić information content (AvgIpc) is 2.82. The third-order valence-corrected chi connectivity index (χ3v) is 5.84. The Balaban J connectivity index is 1.58. The normalized spacial score (nSPS) is 11.9. The molecule has 0 heterocycles. The Morgan fingerprint density at radius 2 is 1.53 bits per heavy atom. The van der Waals surface area contributed by atoms with Crippen LogP contribution in [-0.2, 0) is 21.4 Å². The van der Waals surface area contributed by atoms with E-state index < -0.39 is 27.9 Å². The molecular formula is C23H23N3O5S. The van der Waals surface area contributed by atoms with E-state index >= 15 is 0 Å². The summed E-state index contributed by atoms with van der Waals surface area (Å²) in [6, 6.07) is 23.4. The third-order valence-electron chi connectivity index (χ3n) is 4.44. The van der Waals surface area contributed by atoms with Crippen molar-refractivity contribution in [1.29, 1.82) is 0 Å². The minimum absolute atomic E-state index is 0.0619. The average molecular weight is 454 g/mol. The molecule has 9 heteroatoms. The maximum atomic E-state index is 12.6. The molecular weight excluding hydrogens is 430 g/mol. The van der Waals surface area contributed by atoms with Crippen LogP contribution in [0.4, 0.5) is 0 Å². The lowest BCUT2D eigenvalue weighted by atomic mass is 10.2. The predicted molar refractivity (Wildman–Crippen MR) is 119 cm³/mol. The smallest absolute Gasteiger partial charge is 0.279 e. The largest absolute Gasteiger partial charge is 0.481 e. The monoisotopic (exact) mass is 453 g/mol. The van der Waals surface area contributed by atoms with Gasteiger partial charge in [-0.15, -0.1) is 0 Å². The van der Waals surface area contributed by atoms with Gasteiger partial charge in [-0.05, 0) is 42.8 Å². The van der Waals surface area contributed by atoms with Gasteiger partial charge in [0.05, 0.1) is 4.90 Å². The fourth-order valence-electron chi connectivity index (χ4n) is 2.71. The summed E-state index contributed by atoms with van der Waals surface area (Å²) in [5.41, 5.74) is 5.42. The lowest BCUT2D eigenvalue weighted by Crippen LogP contribution is -2.47. The molecule has 3 aromatic rings. The summed E-state index contributed by atoms with van der Waals surface area (Å²) >= 11 is 0. The highest BCUT2D eigenvalue weighted by Crippen LogP contribution is 2.13. The van der Waals surface area contributed by atoms with Gasteiger partial charge < -0.3 is 4.74 Å². The molecule has 0 saturated carbocycles. The van der Waals surface area contributed by atoms with Crippen LogP contribution < -0.4 is 20.3 Å². The van der Waals surface area contributed by atoms with E-state index in [9.17, 15) is 18.0 Å². The second-order valence-electron chi connectivity index (χ2n) is 6.85. The van der Waals surface area contributed by atoms with Crippen molar-refractivity contribution < 1.29 is 22.7 Å². The first kappa shape index (κ1) is 23.0. The van der Waals surface area contributed by atoms with Crippen molar-refractivity contribution in [3.8, 4) is 5.75 Å². The molecule has 8 nitrogen and oxygen atoms in total. The van der Waals surface area contributed by atoms with Crippen LogP contribution in [0, 0.1) is 0 Å². The van der Waals surface area contributed by atoms with E-state index in [1.807, 2.05) is 24.3 Å². The number of hydrogen-bond donors (Lipinski definition) is 3. The molecule has 32 heavy (non-hydrogen) atoms. The molecule has 1 unspecified atom stereocenters. The molecule has 166 valence electrons. The fourth-order valence-corrected chi connectivity index (χ4v) is 3.77. The highest BCUT2D eigenvalue weighted by molar-refractivity contribution is 7.89. The molecule has 0 radical (unpaired) electrons. The van der Waals surface area contributed by atoms with Gasteiger partial charge in [-0.3, -0.25) is 20.4 Å². The Hall–Kier alpha value is -3.69. The highest BCUT2D eigenvalue weighted by atomic mass is 32.2. The minimum Gasteiger partial charge on any atom is -0.481 e. The number of carbonyl (C=O) groups excluding carboxylic acids is 2. The molecule has 3 N–H and O–H groups in total. The number of amides is 2. The van der Waals surface area contributed by atoms with E-state index in [0.717, 1.165) is 5.56 Å². The van der Waals surface area contributed by atoms with Crippen LogP contribution in [-0.4, -0.2) is 26.3 Å². The zero-order chi connectivity index (χ0) is 23.0. The van der Waals surface area contributed by atoms with Crippen LogP contribution in [0.1, 0.15) is 22.8 Å². The molecule has 3 aromatic carbocycles. The van der Waals surface area contributed by atoms with Crippen LogP contribution in [0.15, 0.2) is 89.8 Å². The summed E-state index contributed by atoms with van der Waals surface area (Å²) in [5, 5.41) is 0. The minimum atomic E-state index is -3.83. The number of carbonyl (C=O) groups is 2.